The summed E-state index contributed by atoms with van der Waals surface area (Å²) in [6.45, 7) is 1.93. The minimum Gasteiger partial charge on any atom is -0.465 e. The van der Waals surface area contributed by atoms with Crippen LogP contribution in [0.3, 0.4) is 0 Å². The molecule has 0 aliphatic heterocycles. The molecule has 0 saturated heterocycles. The van der Waals surface area contributed by atoms with Gasteiger partial charge in [0.2, 0.25) is 0 Å². The van der Waals surface area contributed by atoms with Gasteiger partial charge in [0.05, 0.1) is 12.7 Å². The van der Waals surface area contributed by atoms with Gasteiger partial charge < -0.3 is 15.8 Å². The number of rotatable bonds is 5. The van der Waals surface area contributed by atoms with Gasteiger partial charge in [0.15, 0.2) is 0 Å². The number of hydrogen-bond donors (Lipinski definition) is 2. The van der Waals surface area contributed by atoms with Crippen molar-refractivity contribution in [2.24, 2.45) is 11.8 Å². The van der Waals surface area contributed by atoms with E-state index in [1.165, 1.54) is 32.8 Å². The summed E-state index contributed by atoms with van der Waals surface area (Å²) >= 11 is 0. The SMILES string of the molecule is COC(=O)c1cc(NC(C2CC2)C2CC2)cc(C)c1N. The quantitative estimate of drug-likeness (QED) is 0.640. The van der Waals surface area contributed by atoms with E-state index in [4.69, 9.17) is 10.5 Å². The monoisotopic (exact) mass is 274 g/mol. The predicted molar refractivity (Wildman–Crippen MR) is 79.8 cm³/mol. The molecule has 20 heavy (non-hydrogen) atoms. The Balaban J connectivity index is 1.85. The first-order valence-corrected chi connectivity index (χ1v) is 7.35. The average Bonchev–Trinajstić information content (AvgIpc) is 3.29. The van der Waals surface area contributed by atoms with Gasteiger partial charge in [-0.25, -0.2) is 4.79 Å². The largest absolute Gasteiger partial charge is 0.465 e. The predicted octanol–water partition coefficient (Wildman–Crippen LogP) is 2.96. The van der Waals surface area contributed by atoms with Crippen molar-refractivity contribution in [3.8, 4) is 0 Å². The Kier molecular flexibility index (Phi) is 3.32. The standard InChI is InChI=1S/C16H22N2O2/c1-9-7-12(8-13(14(9)17)16(19)20-2)18-15(10-3-4-10)11-5-6-11/h7-8,10-11,15,18H,3-6,17H2,1-2H3. The van der Waals surface area contributed by atoms with Gasteiger partial charge in [-0.3, -0.25) is 0 Å². The maximum absolute atomic E-state index is 11.8. The lowest BCUT2D eigenvalue weighted by molar-refractivity contribution is 0.0602. The van der Waals surface area contributed by atoms with Gasteiger partial charge in [0, 0.05) is 17.4 Å². The number of nitrogens with two attached hydrogens (primary N) is 1. The van der Waals surface area contributed by atoms with E-state index in [-0.39, 0.29) is 5.97 Å². The molecule has 2 aliphatic carbocycles. The maximum atomic E-state index is 11.8. The first-order chi connectivity index (χ1) is 9.60. The summed E-state index contributed by atoms with van der Waals surface area (Å²) in [4.78, 5) is 11.8. The van der Waals surface area contributed by atoms with Crippen molar-refractivity contribution in [3.05, 3.63) is 23.3 Å². The van der Waals surface area contributed by atoms with Gasteiger partial charge in [0.1, 0.15) is 0 Å². The topological polar surface area (TPSA) is 64.3 Å². The number of anilines is 2. The summed E-state index contributed by atoms with van der Waals surface area (Å²) in [5.74, 6) is 1.24. The number of carbonyl (C=O) groups excluding carboxylic acids is 1. The van der Waals surface area contributed by atoms with E-state index in [0.717, 1.165) is 23.1 Å². The molecule has 4 nitrogen and oxygen atoms in total. The van der Waals surface area contributed by atoms with Crippen LogP contribution in [0.25, 0.3) is 0 Å². The molecule has 1 aromatic rings. The minimum atomic E-state index is -0.372. The van der Waals surface area contributed by atoms with E-state index in [1.807, 2.05) is 19.1 Å². The summed E-state index contributed by atoms with van der Waals surface area (Å²) in [5, 5.41) is 3.63. The highest BCUT2D eigenvalue weighted by atomic mass is 16.5. The molecule has 0 radical (unpaired) electrons. The van der Waals surface area contributed by atoms with Crippen molar-refractivity contribution in [1.82, 2.24) is 0 Å². The maximum Gasteiger partial charge on any atom is 0.340 e. The molecule has 0 atom stereocenters. The van der Waals surface area contributed by atoms with E-state index in [2.05, 4.69) is 5.32 Å². The molecular formula is C16H22N2O2. The second-order valence-electron chi connectivity index (χ2n) is 6.09. The van der Waals surface area contributed by atoms with E-state index in [1.54, 1.807) is 0 Å². The van der Waals surface area contributed by atoms with Crippen LogP contribution in [0.1, 0.15) is 41.6 Å². The van der Waals surface area contributed by atoms with Crippen molar-refractivity contribution in [2.75, 3.05) is 18.2 Å². The van der Waals surface area contributed by atoms with Gasteiger partial charge in [-0.05, 0) is 62.1 Å². The van der Waals surface area contributed by atoms with E-state index >= 15 is 0 Å². The highest BCUT2D eigenvalue weighted by Crippen LogP contribution is 2.46. The third kappa shape index (κ3) is 2.60. The number of aryl methyl sites for hydroxylation is 1. The van der Waals surface area contributed by atoms with Crippen molar-refractivity contribution in [3.63, 3.8) is 0 Å². The van der Waals surface area contributed by atoms with Gasteiger partial charge in [-0.15, -0.1) is 0 Å². The number of hydrogen-bond acceptors (Lipinski definition) is 4. The minimum absolute atomic E-state index is 0.372. The Bertz CT molecular complexity index is 522. The van der Waals surface area contributed by atoms with Crippen LogP contribution in [0.5, 0.6) is 0 Å². The first kappa shape index (κ1) is 13.3. The van der Waals surface area contributed by atoms with Gasteiger partial charge in [0.25, 0.3) is 0 Å². The zero-order valence-corrected chi connectivity index (χ0v) is 12.1. The number of benzene rings is 1. The van der Waals surface area contributed by atoms with Gasteiger partial charge in [-0.1, -0.05) is 0 Å². The fraction of sp³-hybridized carbons (Fsp3) is 0.562. The highest BCUT2D eigenvalue weighted by molar-refractivity contribution is 5.97. The number of ether oxygens (including phenoxy) is 1. The van der Waals surface area contributed by atoms with Crippen molar-refractivity contribution >= 4 is 17.3 Å². The summed E-state index contributed by atoms with van der Waals surface area (Å²) in [6, 6.07) is 4.41. The number of nitrogens with one attached hydrogen (secondary N) is 1. The molecular weight excluding hydrogens is 252 g/mol. The van der Waals surface area contributed by atoms with Crippen LogP contribution in [0.15, 0.2) is 12.1 Å². The third-order valence-corrected chi connectivity index (χ3v) is 4.39. The van der Waals surface area contributed by atoms with Gasteiger partial charge >= 0.3 is 5.97 Å². The summed E-state index contributed by atoms with van der Waals surface area (Å²) < 4.78 is 4.80. The number of nitrogen functional groups attached to an aromatic ring is 1. The first-order valence-electron chi connectivity index (χ1n) is 7.35. The zero-order chi connectivity index (χ0) is 14.3. The molecule has 4 heteroatoms. The smallest absolute Gasteiger partial charge is 0.340 e. The molecule has 0 amide bonds. The highest BCUT2D eigenvalue weighted by Gasteiger charge is 2.41. The molecule has 0 unspecified atom stereocenters. The Labute approximate surface area is 119 Å². The molecule has 108 valence electrons. The average molecular weight is 274 g/mol. The number of esters is 1. The van der Waals surface area contributed by atoms with Crippen LogP contribution in [-0.2, 0) is 4.74 Å². The molecule has 1 aromatic carbocycles. The number of methoxy groups -OCH3 is 1. The van der Waals surface area contributed by atoms with Crippen LogP contribution in [0, 0.1) is 18.8 Å². The molecule has 3 N–H and O–H groups in total. The van der Waals surface area contributed by atoms with E-state index in [9.17, 15) is 4.79 Å². The van der Waals surface area contributed by atoms with Crippen LogP contribution in [-0.4, -0.2) is 19.1 Å². The summed E-state index contributed by atoms with van der Waals surface area (Å²) in [6.07, 6.45) is 5.30. The molecule has 0 heterocycles. The molecule has 0 spiro atoms. The summed E-state index contributed by atoms with van der Waals surface area (Å²) in [5.41, 5.74) is 8.85. The second-order valence-corrected chi connectivity index (χ2v) is 6.09. The van der Waals surface area contributed by atoms with Crippen molar-refractivity contribution in [2.45, 2.75) is 38.6 Å². The van der Waals surface area contributed by atoms with Gasteiger partial charge in [-0.2, -0.15) is 0 Å². The van der Waals surface area contributed by atoms with Crippen LogP contribution in [0.2, 0.25) is 0 Å². The Hall–Kier alpha value is -1.71. The number of carbonyl (C=O) groups is 1. The molecule has 3 rings (SSSR count). The normalized spacial score (nSPS) is 18.1. The van der Waals surface area contributed by atoms with Crippen LogP contribution >= 0.6 is 0 Å². The fourth-order valence-corrected chi connectivity index (χ4v) is 2.88. The lowest BCUT2D eigenvalue weighted by Gasteiger charge is -2.20. The summed E-state index contributed by atoms with van der Waals surface area (Å²) in [7, 11) is 1.38. The van der Waals surface area contributed by atoms with Crippen molar-refractivity contribution in [1.29, 1.82) is 0 Å². The van der Waals surface area contributed by atoms with E-state index in [0.29, 0.717) is 17.3 Å². The molecule has 2 saturated carbocycles. The molecule has 0 aromatic heterocycles. The lowest BCUT2D eigenvalue weighted by Crippen LogP contribution is -2.24. The molecule has 2 fully saturated rings. The van der Waals surface area contributed by atoms with Crippen LogP contribution in [0.4, 0.5) is 11.4 Å². The molecule has 2 aliphatic rings. The Morgan fingerprint density at radius 1 is 1.30 bits per heavy atom. The van der Waals surface area contributed by atoms with Crippen LogP contribution < -0.4 is 11.1 Å². The second kappa shape index (κ2) is 5.00. The molecule has 0 bridgehead atoms. The third-order valence-electron chi connectivity index (χ3n) is 4.39. The zero-order valence-electron chi connectivity index (χ0n) is 12.1. The Morgan fingerprint density at radius 3 is 2.40 bits per heavy atom. The van der Waals surface area contributed by atoms with E-state index < -0.39 is 0 Å². The van der Waals surface area contributed by atoms with Crippen molar-refractivity contribution < 1.29 is 9.53 Å². The Morgan fingerprint density at radius 2 is 1.90 bits per heavy atom. The lowest BCUT2D eigenvalue weighted by atomic mass is 10.0. The fourth-order valence-electron chi connectivity index (χ4n) is 2.88.